The number of aryl methyl sites for hydroxylation is 1. The van der Waals surface area contributed by atoms with Crippen LogP contribution in [0.4, 0.5) is 0 Å². The van der Waals surface area contributed by atoms with Crippen LogP contribution in [0.2, 0.25) is 0 Å². The van der Waals surface area contributed by atoms with Gasteiger partial charge in [-0.05, 0) is 19.9 Å². The number of hydrogen-bond acceptors (Lipinski definition) is 2. The summed E-state index contributed by atoms with van der Waals surface area (Å²) in [6.45, 7) is 4.65. The number of hydrogen-bond donors (Lipinski definition) is 1. The van der Waals surface area contributed by atoms with Crippen molar-refractivity contribution in [2.75, 3.05) is 0 Å². The molecule has 1 aromatic carbocycles. The predicted octanol–water partition coefficient (Wildman–Crippen LogP) is 2.07. The molecule has 0 amide bonds. The SMILES string of the molecule is C#CC(C)(C)NCc1nn(C)c2ccccc12. The van der Waals surface area contributed by atoms with Crippen LogP contribution in [0.5, 0.6) is 0 Å². The van der Waals surface area contributed by atoms with Gasteiger partial charge in [0.25, 0.3) is 0 Å². The molecule has 0 atom stereocenters. The fourth-order valence-corrected chi connectivity index (χ4v) is 1.77. The van der Waals surface area contributed by atoms with E-state index in [1.807, 2.05) is 37.7 Å². The van der Waals surface area contributed by atoms with Crippen LogP contribution in [0.3, 0.4) is 0 Å². The maximum absolute atomic E-state index is 5.45. The van der Waals surface area contributed by atoms with E-state index < -0.39 is 0 Å². The number of rotatable bonds is 3. The van der Waals surface area contributed by atoms with Gasteiger partial charge in [-0.2, -0.15) is 5.10 Å². The van der Waals surface area contributed by atoms with Gasteiger partial charge < -0.3 is 0 Å². The first-order chi connectivity index (χ1) is 8.03. The number of nitrogens with zero attached hydrogens (tertiary/aromatic N) is 2. The van der Waals surface area contributed by atoms with Gasteiger partial charge in [-0.15, -0.1) is 6.42 Å². The van der Waals surface area contributed by atoms with E-state index in [0.29, 0.717) is 6.54 Å². The highest BCUT2D eigenvalue weighted by molar-refractivity contribution is 5.81. The van der Waals surface area contributed by atoms with Crippen molar-refractivity contribution < 1.29 is 0 Å². The highest BCUT2D eigenvalue weighted by Gasteiger charge is 2.14. The van der Waals surface area contributed by atoms with Gasteiger partial charge >= 0.3 is 0 Å². The van der Waals surface area contributed by atoms with Crippen molar-refractivity contribution in [2.24, 2.45) is 7.05 Å². The molecule has 0 saturated heterocycles. The Balaban J connectivity index is 2.29. The number of fused-ring (bicyclic) bond motifs is 1. The summed E-state index contributed by atoms with van der Waals surface area (Å²) in [6, 6.07) is 8.20. The molecule has 1 heterocycles. The molecule has 0 unspecified atom stereocenters. The summed E-state index contributed by atoms with van der Waals surface area (Å²) in [5.41, 5.74) is 1.87. The Morgan fingerprint density at radius 1 is 1.41 bits per heavy atom. The van der Waals surface area contributed by atoms with Crippen molar-refractivity contribution in [1.29, 1.82) is 0 Å². The second-order valence-corrected chi connectivity index (χ2v) is 4.71. The first-order valence-corrected chi connectivity index (χ1v) is 5.67. The molecule has 0 aliphatic heterocycles. The molecule has 0 radical (unpaired) electrons. The molecular formula is C14H17N3. The molecule has 2 rings (SSSR count). The Labute approximate surface area is 102 Å². The quantitative estimate of drug-likeness (QED) is 0.814. The second-order valence-electron chi connectivity index (χ2n) is 4.71. The van der Waals surface area contributed by atoms with Crippen LogP contribution < -0.4 is 5.32 Å². The van der Waals surface area contributed by atoms with Gasteiger partial charge in [-0.25, -0.2) is 0 Å². The molecule has 3 nitrogen and oxygen atoms in total. The Hall–Kier alpha value is -1.79. The van der Waals surface area contributed by atoms with Gasteiger partial charge in [0.2, 0.25) is 0 Å². The summed E-state index contributed by atoms with van der Waals surface area (Å²) >= 11 is 0. The number of terminal acetylenes is 1. The number of benzene rings is 1. The van der Waals surface area contributed by atoms with Crippen LogP contribution in [0.25, 0.3) is 10.9 Å². The molecular weight excluding hydrogens is 210 g/mol. The third-order valence-electron chi connectivity index (χ3n) is 2.89. The highest BCUT2D eigenvalue weighted by atomic mass is 15.3. The standard InChI is InChI=1S/C14H17N3/c1-5-14(2,3)15-10-12-11-8-6-7-9-13(11)17(4)16-12/h1,6-9,15H,10H2,2-4H3. The molecule has 2 aromatic rings. The zero-order valence-corrected chi connectivity index (χ0v) is 10.5. The van der Waals surface area contributed by atoms with E-state index >= 15 is 0 Å². The van der Waals surface area contributed by atoms with Crippen molar-refractivity contribution in [2.45, 2.75) is 25.9 Å². The highest BCUT2D eigenvalue weighted by Crippen LogP contribution is 2.17. The molecule has 0 aliphatic carbocycles. The number of para-hydroxylation sites is 1. The van der Waals surface area contributed by atoms with E-state index in [1.54, 1.807) is 0 Å². The minimum atomic E-state index is -0.307. The first kappa shape index (κ1) is 11.7. The van der Waals surface area contributed by atoms with Crippen molar-refractivity contribution in [3.8, 4) is 12.3 Å². The summed E-state index contributed by atoms with van der Waals surface area (Å²) < 4.78 is 1.90. The molecule has 88 valence electrons. The normalized spacial score (nSPS) is 11.6. The summed E-state index contributed by atoms with van der Waals surface area (Å²) in [4.78, 5) is 0. The maximum atomic E-state index is 5.45. The third-order valence-corrected chi connectivity index (χ3v) is 2.89. The lowest BCUT2D eigenvalue weighted by Gasteiger charge is -2.18. The van der Waals surface area contributed by atoms with E-state index in [1.165, 1.54) is 5.39 Å². The predicted molar refractivity (Wildman–Crippen MR) is 70.5 cm³/mol. The molecule has 1 aromatic heterocycles. The van der Waals surface area contributed by atoms with Crippen LogP contribution >= 0.6 is 0 Å². The van der Waals surface area contributed by atoms with Crippen molar-refractivity contribution in [3.63, 3.8) is 0 Å². The van der Waals surface area contributed by atoms with Crippen LogP contribution in [0.15, 0.2) is 24.3 Å². The largest absolute Gasteiger partial charge is 0.296 e. The Morgan fingerprint density at radius 3 is 2.82 bits per heavy atom. The van der Waals surface area contributed by atoms with E-state index in [-0.39, 0.29) is 5.54 Å². The number of aromatic nitrogens is 2. The van der Waals surface area contributed by atoms with Gasteiger partial charge in [0.05, 0.1) is 16.7 Å². The third kappa shape index (κ3) is 2.32. The van der Waals surface area contributed by atoms with Gasteiger partial charge in [0, 0.05) is 19.0 Å². The first-order valence-electron chi connectivity index (χ1n) is 5.67. The van der Waals surface area contributed by atoms with Crippen molar-refractivity contribution in [1.82, 2.24) is 15.1 Å². The van der Waals surface area contributed by atoms with E-state index in [9.17, 15) is 0 Å². The molecule has 17 heavy (non-hydrogen) atoms. The van der Waals surface area contributed by atoms with Crippen molar-refractivity contribution >= 4 is 10.9 Å². The molecule has 0 fully saturated rings. The van der Waals surface area contributed by atoms with Crippen LogP contribution in [0, 0.1) is 12.3 Å². The lowest BCUT2D eigenvalue weighted by Crippen LogP contribution is -2.37. The smallest absolute Gasteiger partial charge is 0.0841 e. The second kappa shape index (κ2) is 4.23. The summed E-state index contributed by atoms with van der Waals surface area (Å²) in [5.74, 6) is 2.72. The maximum Gasteiger partial charge on any atom is 0.0841 e. The average Bonchev–Trinajstić information content (AvgIpc) is 2.65. The Morgan fingerprint density at radius 2 is 2.12 bits per heavy atom. The monoisotopic (exact) mass is 227 g/mol. The van der Waals surface area contributed by atoms with Gasteiger partial charge in [0.1, 0.15) is 0 Å². The summed E-state index contributed by atoms with van der Waals surface area (Å²) in [6.07, 6.45) is 5.45. The average molecular weight is 227 g/mol. The topological polar surface area (TPSA) is 29.9 Å². The fourth-order valence-electron chi connectivity index (χ4n) is 1.77. The lowest BCUT2D eigenvalue weighted by atomic mass is 10.1. The van der Waals surface area contributed by atoms with Crippen LogP contribution in [-0.2, 0) is 13.6 Å². The molecule has 1 N–H and O–H groups in total. The van der Waals surface area contributed by atoms with Crippen LogP contribution in [-0.4, -0.2) is 15.3 Å². The Bertz CT molecular complexity index is 573. The molecule has 3 heteroatoms. The zero-order chi connectivity index (χ0) is 12.5. The van der Waals surface area contributed by atoms with Crippen molar-refractivity contribution in [3.05, 3.63) is 30.0 Å². The summed E-state index contributed by atoms with van der Waals surface area (Å²) in [5, 5.41) is 9.01. The van der Waals surface area contributed by atoms with E-state index in [2.05, 4.69) is 28.5 Å². The Kier molecular flexibility index (Phi) is 2.91. The van der Waals surface area contributed by atoms with Gasteiger partial charge in [0.15, 0.2) is 0 Å². The minimum Gasteiger partial charge on any atom is -0.296 e. The van der Waals surface area contributed by atoms with Crippen LogP contribution in [0.1, 0.15) is 19.5 Å². The number of nitrogens with one attached hydrogen (secondary N) is 1. The fraction of sp³-hybridized carbons (Fsp3) is 0.357. The van der Waals surface area contributed by atoms with E-state index in [4.69, 9.17) is 6.42 Å². The van der Waals surface area contributed by atoms with Gasteiger partial charge in [-0.1, -0.05) is 24.1 Å². The molecule has 0 bridgehead atoms. The molecule has 0 aliphatic rings. The molecule has 0 saturated carbocycles. The molecule has 0 spiro atoms. The summed E-state index contributed by atoms with van der Waals surface area (Å²) in [7, 11) is 1.96. The zero-order valence-electron chi connectivity index (χ0n) is 10.5. The minimum absolute atomic E-state index is 0.307. The van der Waals surface area contributed by atoms with Gasteiger partial charge in [-0.3, -0.25) is 10.00 Å². The van der Waals surface area contributed by atoms with E-state index in [0.717, 1.165) is 11.2 Å². The lowest BCUT2D eigenvalue weighted by molar-refractivity contribution is 0.485.